The van der Waals surface area contributed by atoms with E-state index in [4.69, 9.17) is 5.11 Å². The molecule has 0 amide bonds. The number of nitrogens with zero attached hydrogens (tertiary/aromatic N) is 2. The van der Waals surface area contributed by atoms with Gasteiger partial charge in [-0.25, -0.2) is 4.98 Å². The molecule has 0 saturated carbocycles. The van der Waals surface area contributed by atoms with Crippen LogP contribution in [0.15, 0.2) is 18.6 Å². The van der Waals surface area contributed by atoms with Crippen LogP contribution in [0.4, 0.5) is 10.8 Å². The molecule has 0 fully saturated rings. The molecule has 78 valence electrons. The van der Waals surface area contributed by atoms with Gasteiger partial charge < -0.3 is 10.4 Å². The van der Waals surface area contributed by atoms with Crippen molar-refractivity contribution in [3.05, 3.63) is 23.5 Å². The number of carboxylic acid groups (broad SMARTS) is 1. The molecule has 2 rings (SSSR count). The first-order valence-electron chi connectivity index (χ1n) is 4.16. The van der Waals surface area contributed by atoms with Crippen LogP contribution in [0.1, 0.15) is 4.88 Å². The van der Waals surface area contributed by atoms with E-state index in [1.807, 2.05) is 0 Å². The van der Waals surface area contributed by atoms with Gasteiger partial charge in [0.15, 0.2) is 5.13 Å². The summed E-state index contributed by atoms with van der Waals surface area (Å²) in [5.41, 5.74) is 0.797. The highest BCUT2D eigenvalue weighted by atomic mass is 32.1. The molecule has 0 unspecified atom stereocenters. The second kappa shape index (κ2) is 4.09. The fourth-order valence-corrected chi connectivity index (χ4v) is 1.86. The smallest absolute Gasteiger partial charge is 0.308 e. The number of thiazole rings is 1. The number of carboxylic acids is 1. The molecular formula is C8H8N4O2S. The Balaban J connectivity index is 2.04. The van der Waals surface area contributed by atoms with Gasteiger partial charge in [-0.1, -0.05) is 0 Å². The molecule has 0 radical (unpaired) electrons. The highest BCUT2D eigenvalue weighted by Gasteiger charge is 2.06. The Kier molecular flexibility index (Phi) is 2.64. The molecule has 0 spiro atoms. The van der Waals surface area contributed by atoms with Crippen LogP contribution in [0.3, 0.4) is 0 Å². The summed E-state index contributed by atoms with van der Waals surface area (Å²) in [6, 6.07) is 0. The van der Waals surface area contributed by atoms with E-state index in [-0.39, 0.29) is 6.42 Å². The third-order valence-corrected chi connectivity index (χ3v) is 2.54. The second-order valence-electron chi connectivity index (χ2n) is 2.81. The van der Waals surface area contributed by atoms with E-state index >= 15 is 0 Å². The van der Waals surface area contributed by atoms with E-state index in [0.29, 0.717) is 10.0 Å². The normalized spacial score (nSPS) is 10.1. The Labute approximate surface area is 89.0 Å². The van der Waals surface area contributed by atoms with Gasteiger partial charge in [-0.3, -0.25) is 9.89 Å². The SMILES string of the molecule is O=C(O)Cc1cnc(Nc2cn[nH]c2)s1. The van der Waals surface area contributed by atoms with Crippen molar-refractivity contribution in [1.29, 1.82) is 0 Å². The predicted octanol–water partition coefficient (Wildman–Crippen LogP) is 1.24. The number of rotatable bonds is 4. The van der Waals surface area contributed by atoms with Crippen LogP contribution in [0, 0.1) is 0 Å². The van der Waals surface area contributed by atoms with E-state index < -0.39 is 5.97 Å². The van der Waals surface area contributed by atoms with Gasteiger partial charge in [0.1, 0.15) is 0 Å². The first-order chi connectivity index (χ1) is 7.24. The highest BCUT2D eigenvalue weighted by molar-refractivity contribution is 7.15. The van der Waals surface area contributed by atoms with Gasteiger partial charge in [-0.2, -0.15) is 5.10 Å². The Morgan fingerprint density at radius 3 is 3.13 bits per heavy atom. The molecule has 0 atom stereocenters. The number of H-pyrrole nitrogens is 1. The summed E-state index contributed by atoms with van der Waals surface area (Å²) in [6.07, 6.45) is 4.88. The van der Waals surface area contributed by atoms with Crippen molar-refractivity contribution >= 4 is 28.1 Å². The second-order valence-corrected chi connectivity index (χ2v) is 3.93. The monoisotopic (exact) mass is 224 g/mol. The highest BCUT2D eigenvalue weighted by Crippen LogP contribution is 2.21. The van der Waals surface area contributed by atoms with Crippen molar-refractivity contribution in [2.45, 2.75) is 6.42 Å². The largest absolute Gasteiger partial charge is 0.481 e. The van der Waals surface area contributed by atoms with E-state index in [0.717, 1.165) is 5.69 Å². The number of carbonyl (C=O) groups is 1. The summed E-state index contributed by atoms with van der Waals surface area (Å²) in [5, 5.41) is 18.7. The lowest BCUT2D eigenvalue weighted by Crippen LogP contribution is -1.97. The van der Waals surface area contributed by atoms with E-state index in [1.165, 1.54) is 11.3 Å². The molecule has 3 N–H and O–H groups in total. The van der Waals surface area contributed by atoms with Gasteiger partial charge in [0, 0.05) is 17.3 Å². The van der Waals surface area contributed by atoms with Crippen molar-refractivity contribution in [3.8, 4) is 0 Å². The third-order valence-electron chi connectivity index (χ3n) is 1.63. The minimum atomic E-state index is -0.853. The average molecular weight is 224 g/mol. The lowest BCUT2D eigenvalue weighted by atomic mass is 10.4. The summed E-state index contributed by atoms with van der Waals surface area (Å²) >= 11 is 1.31. The van der Waals surface area contributed by atoms with E-state index in [9.17, 15) is 4.79 Å². The molecular weight excluding hydrogens is 216 g/mol. The zero-order chi connectivity index (χ0) is 10.7. The first-order valence-corrected chi connectivity index (χ1v) is 4.98. The minimum absolute atomic E-state index is 0.00470. The quantitative estimate of drug-likeness (QED) is 0.726. The fraction of sp³-hybridized carbons (Fsp3) is 0.125. The van der Waals surface area contributed by atoms with Crippen LogP contribution in [-0.4, -0.2) is 26.3 Å². The molecule has 0 aliphatic carbocycles. The third kappa shape index (κ3) is 2.53. The molecule has 0 aliphatic heterocycles. The van der Waals surface area contributed by atoms with Gasteiger partial charge in [0.25, 0.3) is 0 Å². The lowest BCUT2D eigenvalue weighted by molar-refractivity contribution is -0.136. The number of hydrogen-bond acceptors (Lipinski definition) is 5. The number of anilines is 2. The van der Waals surface area contributed by atoms with Crippen LogP contribution >= 0.6 is 11.3 Å². The van der Waals surface area contributed by atoms with Gasteiger partial charge in [0.05, 0.1) is 18.3 Å². The summed E-state index contributed by atoms with van der Waals surface area (Å²) in [5.74, 6) is -0.853. The Hall–Kier alpha value is -1.89. The summed E-state index contributed by atoms with van der Waals surface area (Å²) in [6.45, 7) is 0. The zero-order valence-electron chi connectivity index (χ0n) is 7.60. The van der Waals surface area contributed by atoms with Crippen molar-refractivity contribution in [2.24, 2.45) is 0 Å². The molecule has 2 aromatic rings. The lowest BCUT2D eigenvalue weighted by Gasteiger charge is -1.94. The standard InChI is InChI=1S/C8H8N4O2S/c13-7(14)1-6-4-9-8(15-6)12-5-2-10-11-3-5/h2-4H,1H2,(H,9,12)(H,10,11)(H,13,14). The summed E-state index contributed by atoms with van der Waals surface area (Å²) in [4.78, 5) is 15.2. The Bertz CT molecular complexity index is 451. The number of aliphatic carboxylic acids is 1. The summed E-state index contributed by atoms with van der Waals surface area (Å²) < 4.78 is 0. The molecule has 15 heavy (non-hydrogen) atoms. The van der Waals surface area contributed by atoms with Crippen molar-refractivity contribution in [1.82, 2.24) is 15.2 Å². The van der Waals surface area contributed by atoms with Crippen molar-refractivity contribution in [2.75, 3.05) is 5.32 Å². The molecule has 0 saturated heterocycles. The first kappa shape index (κ1) is 9.66. The molecule has 2 aromatic heterocycles. The maximum Gasteiger partial charge on any atom is 0.308 e. The number of hydrogen-bond donors (Lipinski definition) is 3. The molecule has 7 heteroatoms. The number of aromatic nitrogens is 3. The van der Waals surface area contributed by atoms with Gasteiger partial charge in [-0.15, -0.1) is 11.3 Å². The fourth-order valence-electron chi connectivity index (χ4n) is 1.04. The molecule has 0 aliphatic rings. The zero-order valence-corrected chi connectivity index (χ0v) is 8.41. The molecule has 6 nitrogen and oxygen atoms in total. The Morgan fingerprint density at radius 1 is 1.60 bits per heavy atom. The predicted molar refractivity (Wildman–Crippen MR) is 55.3 cm³/mol. The maximum atomic E-state index is 10.4. The van der Waals surface area contributed by atoms with Crippen LogP contribution in [-0.2, 0) is 11.2 Å². The van der Waals surface area contributed by atoms with Crippen LogP contribution in [0.25, 0.3) is 0 Å². The van der Waals surface area contributed by atoms with Gasteiger partial charge in [-0.05, 0) is 0 Å². The van der Waals surface area contributed by atoms with Crippen LogP contribution in [0.5, 0.6) is 0 Å². The summed E-state index contributed by atoms with van der Waals surface area (Å²) in [7, 11) is 0. The maximum absolute atomic E-state index is 10.4. The van der Waals surface area contributed by atoms with Crippen LogP contribution < -0.4 is 5.32 Å². The number of nitrogens with one attached hydrogen (secondary N) is 2. The molecule has 2 heterocycles. The van der Waals surface area contributed by atoms with E-state index in [1.54, 1.807) is 18.6 Å². The average Bonchev–Trinajstić information content (AvgIpc) is 2.77. The molecule has 0 aromatic carbocycles. The topological polar surface area (TPSA) is 90.9 Å². The van der Waals surface area contributed by atoms with Crippen molar-refractivity contribution < 1.29 is 9.90 Å². The number of aromatic amines is 1. The van der Waals surface area contributed by atoms with E-state index in [2.05, 4.69) is 20.5 Å². The Morgan fingerprint density at radius 2 is 2.47 bits per heavy atom. The molecule has 0 bridgehead atoms. The minimum Gasteiger partial charge on any atom is -0.481 e. The van der Waals surface area contributed by atoms with Crippen LogP contribution in [0.2, 0.25) is 0 Å². The van der Waals surface area contributed by atoms with Gasteiger partial charge >= 0.3 is 5.97 Å². The van der Waals surface area contributed by atoms with Gasteiger partial charge in [0.2, 0.25) is 0 Å². The van der Waals surface area contributed by atoms with Crippen molar-refractivity contribution in [3.63, 3.8) is 0 Å².